The van der Waals surface area contributed by atoms with Gasteiger partial charge in [-0.15, -0.1) is 11.3 Å². The van der Waals surface area contributed by atoms with Gasteiger partial charge in [0, 0.05) is 31.1 Å². The smallest absolute Gasteiger partial charge is 0.258 e. The number of nitrogens with one attached hydrogen (secondary N) is 1. The molecule has 1 amide bonds. The highest BCUT2D eigenvalue weighted by molar-refractivity contribution is 14.1. The van der Waals surface area contributed by atoms with Crippen LogP contribution < -0.4 is 5.32 Å². The number of nitrogens with zero attached hydrogens (tertiary/aromatic N) is 1. The van der Waals surface area contributed by atoms with E-state index < -0.39 is 0 Å². The Hall–Kier alpha value is -1.15. The number of halogens is 3. The fourth-order valence-electron chi connectivity index (χ4n) is 2.11. The van der Waals surface area contributed by atoms with Crippen LogP contribution in [0, 0.1) is 3.57 Å². The summed E-state index contributed by atoms with van der Waals surface area (Å²) < 4.78 is 0.900. The summed E-state index contributed by atoms with van der Waals surface area (Å²) in [6, 6.07) is 12.9. The van der Waals surface area contributed by atoms with E-state index in [2.05, 4.69) is 32.9 Å². The number of thiazole rings is 1. The number of aromatic nitrogens is 1. The van der Waals surface area contributed by atoms with E-state index in [0.717, 1.165) is 14.0 Å². The number of benzene rings is 2. The number of hydrogen-bond acceptors (Lipinski definition) is 3. The van der Waals surface area contributed by atoms with Gasteiger partial charge in [-0.05, 0) is 52.4 Å². The average molecular weight is 489 g/mol. The summed E-state index contributed by atoms with van der Waals surface area (Å²) in [5, 5.41) is 4.64. The van der Waals surface area contributed by atoms with Gasteiger partial charge in [0.1, 0.15) is 0 Å². The van der Waals surface area contributed by atoms with Crippen LogP contribution in [0.3, 0.4) is 0 Å². The highest BCUT2D eigenvalue weighted by Crippen LogP contribution is 2.27. The van der Waals surface area contributed by atoms with Gasteiger partial charge in [0.2, 0.25) is 0 Å². The van der Waals surface area contributed by atoms with E-state index in [1.54, 1.807) is 18.3 Å². The third-order valence-corrected chi connectivity index (χ3v) is 5.71. The monoisotopic (exact) mass is 488 g/mol. The maximum absolute atomic E-state index is 12.3. The fourth-order valence-corrected chi connectivity index (χ4v) is 4.05. The molecule has 3 rings (SSSR count). The molecule has 1 N–H and O–H groups in total. The summed E-state index contributed by atoms with van der Waals surface area (Å²) in [6.45, 7) is 0. The average Bonchev–Trinajstić information content (AvgIpc) is 2.97. The lowest BCUT2D eigenvalue weighted by Crippen LogP contribution is -2.12. The summed E-state index contributed by atoms with van der Waals surface area (Å²) in [6.07, 6.45) is 2.40. The second kappa shape index (κ2) is 7.82. The molecule has 0 spiro atoms. The maximum atomic E-state index is 12.3. The van der Waals surface area contributed by atoms with E-state index in [1.165, 1.54) is 11.3 Å². The predicted molar refractivity (Wildman–Crippen MR) is 108 cm³/mol. The van der Waals surface area contributed by atoms with Gasteiger partial charge in [-0.3, -0.25) is 10.1 Å². The number of anilines is 1. The number of carbonyl (C=O) groups is 1. The molecule has 1 aromatic heterocycles. The second-order valence-electron chi connectivity index (χ2n) is 4.98. The third-order valence-electron chi connectivity index (χ3n) is 3.27. The molecule has 0 radical (unpaired) electrons. The van der Waals surface area contributed by atoms with Crippen LogP contribution in [0.15, 0.2) is 48.7 Å². The maximum Gasteiger partial charge on any atom is 0.258 e. The largest absolute Gasteiger partial charge is 0.298 e. The number of amides is 1. The van der Waals surface area contributed by atoms with Crippen molar-refractivity contribution in [3.8, 4) is 0 Å². The summed E-state index contributed by atoms with van der Waals surface area (Å²) >= 11 is 15.7. The van der Waals surface area contributed by atoms with Crippen LogP contribution in [0.2, 0.25) is 10.0 Å². The molecule has 0 saturated carbocycles. The van der Waals surface area contributed by atoms with E-state index in [-0.39, 0.29) is 5.91 Å². The normalized spacial score (nSPS) is 10.6. The van der Waals surface area contributed by atoms with Gasteiger partial charge in [0.25, 0.3) is 5.91 Å². The topological polar surface area (TPSA) is 42.0 Å². The fraction of sp³-hybridized carbons (Fsp3) is 0.0588. The van der Waals surface area contributed by atoms with Gasteiger partial charge in [-0.2, -0.15) is 0 Å². The van der Waals surface area contributed by atoms with Gasteiger partial charge >= 0.3 is 0 Å². The standard InChI is InChI=1S/C17H11Cl2IN2OS/c18-11-6-5-10(14(19)8-11)7-12-9-21-17(24-12)22-16(23)13-3-1-2-4-15(13)20/h1-6,8-9H,7H2,(H,21,22,23). The van der Waals surface area contributed by atoms with Crippen molar-refractivity contribution in [1.82, 2.24) is 4.98 Å². The molecule has 0 aliphatic carbocycles. The molecule has 3 aromatic rings. The van der Waals surface area contributed by atoms with Gasteiger partial charge in [-0.25, -0.2) is 4.98 Å². The Kier molecular flexibility index (Phi) is 5.76. The van der Waals surface area contributed by atoms with Gasteiger partial charge in [0.15, 0.2) is 5.13 Å². The van der Waals surface area contributed by atoms with Crippen LogP contribution in [-0.4, -0.2) is 10.9 Å². The molecule has 0 fully saturated rings. The van der Waals surface area contributed by atoms with E-state index in [1.807, 2.05) is 30.3 Å². The van der Waals surface area contributed by atoms with Crippen molar-refractivity contribution in [1.29, 1.82) is 0 Å². The van der Waals surface area contributed by atoms with Crippen molar-refractivity contribution >= 4 is 68.2 Å². The van der Waals surface area contributed by atoms with Gasteiger partial charge in [0.05, 0.1) is 5.56 Å². The highest BCUT2D eigenvalue weighted by Gasteiger charge is 2.12. The lowest BCUT2D eigenvalue weighted by atomic mass is 10.1. The van der Waals surface area contributed by atoms with Crippen LogP contribution >= 0.6 is 57.1 Å². The molecule has 122 valence electrons. The molecule has 0 saturated heterocycles. The van der Waals surface area contributed by atoms with Gasteiger partial charge < -0.3 is 0 Å². The number of rotatable bonds is 4. The Morgan fingerprint density at radius 1 is 1.21 bits per heavy atom. The summed E-state index contributed by atoms with van der Waals surface area (Å²) in [7, 11) is 0. The lowest BCUT2D eigenvalue weighted by molar-refractivity contribution is 0.102. The number of carbonyl (C=O) groups excluding carboxylic acids is 1. The van der Waals surface area contributed by atoms with E-state index >= 15 is 0 Å². The zero-order valence-electron chi connectivity index (χ0n) is 12.2. The highest BCUT2D eigenvalue weighted by atomic mass is 127. The minimum absolute atomic E-state index is 0.162. The molecule has 3 nitrogen and oxygen atoms in total. The third kappa shape index (κ3) is 4.27. The zero-order chi connectivity index (χ0) is 17.1. The van der Waals surface area contributed by atoms with Crippen molar-refractivity contribution in [2.75, 3.05) is 5.32 Å². The first kappa shape index (κ1) is 17.7. The zero-order valence-corrected chi connectivity index (χ0v) is 16.7. The molecule has 1 heterocycles. The quantitative estimate of drug-likeness (QED) is 0.464. The van der Waals surface area contributed by atoms with Crippen LogP contribution in [0.5, 0.6) is 0 Å². The summed E-state index contributed by atoms with van der Waals surface area (Å²) in [4.78, 5) is 17.6. The van der Waals surface area contributed by atoms with Crippen LogP contribution in [0.1, 0.15) is 20.8 Å². The van der Waals surface area contributed by atoms with E-state index in [0.29, 0.717) is 27.2 Å². The minimum atomic E-state index is -0.162. The van der Waals surface area contributed by atoms with Crippen LogP contribution in [0.25, 0.3) is 0 Å². The number of hydrogen-bond donors (Lipinski definition) is 1. The Bertz CT molecular complexity index is 898. The Morgan fingerprint density at radius 2 is 2.00 bits per heavy atom. The molecule has 2 aromatic carbocycles. The van der Waals surface area contributed by atoms with Crippen molar-refractivity contribution in [2.45, 2.75) is 6.42 Å². The van der Waals surface area contributed by atoms with Crippen LogP contribution in [0.4, 0.5) is 5.13 Å². The molecular weight excluding hydrogens is 478 g/mol. The van der Waals surface area contributed by atoms with Gasteiger partial charge in [-0.1, -0.05) is 41.4 Å². The second-order valence-corrected chi connectivity index (χ2v) is 8.10. The minimum Gasteiger partial charge on any atom is -0.298 e. The van der Waals surface area contributed by atoms with E-state index in [4.69, 9.17) is 23.2 Å². The van der Waals surface area contributed by atoms with Crippen molar-refractivity contribution < 1.29 is 4.79 Å². The Labute approximate surface area is 167 Å². The predicted octanol–water partition coefficient (Wildman–Crippen LogP) is 5.90. The Morgan fingerprint density at radius 3 is 2.75 bits per heavy atom. The van der Waals surface area contributed by atoms with Crippen molar-refractivity contribution in [2.24, 2.45) is 0 Å². The summed E-state index contributed by atoms with van der Waals surface area (Å²) in [5.74, 6) is -0.162. The first-order chi connectivity index (χ1) is 11.5. The first-order valence-electron chi connectivity index (χ1n) is 6.97. The van der Waals surface area contributed by atoms with E-state index in [9.17, 15) is 4.79 Å². The molecule has 7 heteroatoms. The molecule has 0 bridgehead atoms. The van der Waals surface area contributed by atoms with Crippen molar-refractivity contribution in [3.05, 3.63) is 78.3 Å². The molecule has 0 aliphatic rings. The molecular formula is C17H11Cl2IN2OS. The lowest BCUT2D eigenvalue weighted by Gasteiger charge is -2.04. The van der Waals surface area contributed by atoms with Crippen LogP contribution in [-0.2, 0) is 6.42 Å². The Balaban J connectivity index is 1.72. The summed E-state index contributed by atoms with van der Waals surface area (Å²) in [5.41, 5.74) is 1.61. The molecule has 24 heavy (non-hydrogen) atoms. The SMILES string of the molecule is O=C(Nc1ncc(Cc2ccc(Cl)cc2Cl)s1)c1ccccc1I. The first-order valence-corrected chi connectivity index (χ1v) is 9.62. The van der Waals surface area contributed by atoms with Crippen molar-refractivity contribution in [3.63, 3.8) is 0 Å². The molecule has 0 unspecified atom stereocenters. The molecule has 0 atom stereocenters. The molecule has 0 aliphatic heterocycles.